The van der Waals surface area contributed by atoms with Crippen LogP contribution in [0.2, 0.25) is 0 Å². The number of hydrogen-bond donors (Lipinski definition) is 1. The number of amides is 1. The van der Waals surface area contributed by atoms with Crippen LogP contribution < -0.4 is 5.73 Å². The second kappa shape index (κ2) is 6.31. The van der Waals surface area contributed by atoms with Gasteiger partial charge in [0.25, 0.3) is 5.91 Å². The summed E-state index contributed by atoms with van der Waals surface area (Å²) in [5.41, 5.74) is 8.54. The van der Waals surface area contributed by atoms with Crippen LogP contribution in [0.4, 0.5) is 0 Å². The third-order valence-electron chi connectivity index (χ3n) is 4.81. The molecule has 0 aliphatic carbocycles. The number of nitrogens with two attached hydrogens (primary N) is 1. The molecule has 6 nitrogen and oxygen atoms in total. The molecule has 1 fully saturated rings. The van der Waals surface area contributed by atoms with Crippen LogP contribution in [0.3, 0.4) is 0 Å². The Morgan fingerprint density at radius 1 is 1.20 bits per heavy atom. The zero-order chi connectivity index (χ0) is 17.4. The van der Waals surface area contributed by atoms with Gasteiger partial charge in [-0.2, -0.15) is 5.10 Å². The summed E-state index contributed by atoms with van der Waals surface area (Å²) in [7, 11) is 0. The zero-order valence-corrected chi connectivity index (χ0v) is 13.8. The molecule has 0 spiro atoms. The van der Waals surface area contributed by atoms with Crippen molar-refractivity contribution in [2.24, 2.45) is 5.73 Å². The Morgan fingerprint density at radius 3 is 2.72 bits per heavy atom. The fourth-order valence-corrected chi connectivity index (χ4v) is 3.49. The first-order valence-electron chi connectivity index (χ1n) is 8.42. The number of hydrogen-bond acceptors (Lipinski definition) is 4. The van der Waals surface area contributed by atoms with Crippen molar-refractivity contribution in [1.82, 2.24) is 14.8 Å². The van der Waals surface area contributed by atoms with Crippen LogP contribution in [0.5, 0.6) is 0 Å². The number of carbonyl (C=O) groups excluding carboxylic acids is 1. The van der Waals surface area contributed by atoms with Gasteiger partial charge in [0.05, 0.1) is 11.3 Å². The van der Waals surface area contributed by atoms with E-state index >= 15 is 0 Å². The van der Waals surface area contributed by atoms with Crippen molar-refractivity contribution in [1.29, 1.82) is 0 Å². The van der Waals surface area contributed by atoms with Crippen molar-refractivity contribution in [3.63, 3.8) is 0 Å². The number of fused-ring (bicyclic) bond motifs is 1. The Labute approximate surface area is 145 Å². The summed E-state index contributed by atoms with van der Waals surface area (Å²) < 4.78 is 1.75. The number of aromatic nitrogens is 2. The minimum Gasteiger partial charge on any atom is -0.785 e. The SMILES string of the molecule is NC(=O)c1cccc2cn(-c3ccc([C@@H]4CCCN([O-])C4)cc3)nc12. The van der Waals surface area contributed by atoms with E-state index in [1.54, 1.807) is 16.8 Å². The standard InChI is InChI=1S/C19H19N4O2/c20-19(24)17-5-1-3-15-12-23(21-18(15)17)16-8-6-13(7-9-16)14-4-2-10-22(25)11-14/h1,3,5-9,12,14H,2,4,10-11H2,(H2,20,24)/q-1/t14-/m1/s1. The van der Waals surface area contributed by atoms with Crippen molar-refractivity contribution in [2.75, 3.05) is 13.1 Å². The largest absolute Gasteiger partial charge is 0.785 e. The van der Waals surface area contributed by atoms with Crippen LogP contribution in [-0.2, 0) is 0 Å². The molecule has 0 unspecified atom stereocenters. The van der Waals surface area contributed by atoms with Crippen molar-refractivity contribution in [3.05, 3.63) is 65.0 Å². The maximum atomic E-state index is 11.6. The molecule has 2 aromatic carbocycles. The van der Waals surface area contributed by atoms with Gasteiger partial charge in [0.15, 0.2) is 0 Å². The predicted octanol–water partition coefficient (Wildman–Crippen LogP) is 2.80. The highest BCUT2D eigenvalue weighted by atomic mass is 16.5. The molecule has 0 radical (unpaired) electrons. The highest BCUT2D eigenvalue weighted by Gasteiger charge is 2.17. The molecule has 4 rings (SSSR count). The maximum absolute atomic E-state index is 11.6. The molecular formula is C19H19N4O2-. The number of nitrogens with zero attached hydrogens (tertiary/aromatic N) is 3. The molecule has 128 valence electrons. The Hall–Kier alpha value is -2.70. The lowest BCUT2D eigenvalue weighted by molar-refractivity contribution is 0.100. The Balaban J connectivity index is 1.65. The molecule has 25 heavy (non-hydrogen) atoms. The van der Waals surface area contributed by atoms with E-state index in [0.717, 1.165) is 29.0 Å². The smallest absolute Gasteiger partial charge is 0.250 e. The number of rotatable bonds is 3. The van der Waals surface area contributed by atoms with Gasteiger partial charge in [0.2, 0.25) is 0 Å². The molecule has 1 aromatic heterocycles. The van der Waals surface area contributed by atoms with Crippen LogP contribution in [0.25, 0.3) is 16.6 Å². The van der Waals surface area contributed by atoms with Gasteiger partial charge in [-0.1, -0.05) is 24.3 Å². The van der Waals surface area contributed by atoms with Crippen LogP contribution in [0, 0.1) is 5.21 Å². The highest BCUT2D eigenvalue weighted by Crippen LogP contribution is 2.27. The van der Waals surface area contributed by atoms with E-state index in [1.165, 1.54) is 5.56 Å². The topological polar surface area (TPSA) is 87.2 Å². The molecule has 1 saturated heterocycles. The van der Waals surface area contributed by atoms with Crippen LogP contribution in [0.1, 0.15) is 34.7 Å². The quantitative estimate of drug-likeness (QED) is 0.797. The normalized spacial score (nSPS) is 18.5. The summed E-state index contributed by atoms with van der Waals surface area (Å²) in [6.07, 6.45) is 3.87. The molecular weight excluding hydrogens is 316 g/mol. The zero-order valence-electron chi connectivity index (χ0n) is 13.8. The van der Waals surface area contributed by atoms with Gasteiger partial charge in [0, 0.05) is 11.6 Å². The Kier molecular flexibility index (Phi) is 3.99. The fourth-order valence-electron chi connectivity index (χ4n) is 3.49. The lowest BCUT2D eigenvalue weighted by atomic mass is 9.91. The Bertz CT molecular complexity index is 917. The number of benzene rings is 2. The molecule has 0 bridgehead atoms. The first-order chi connectivity index (χ1) is 12.1. The summed E-state index contributed by atoms with van der Waals surface area (Å²) in [4.78, 5) is 11.6. The lowest BCUT2D eigenvalue weighted by Crippen LogP contribution is -2.29. The van der Waals surface area contributed by atoms with Gasteiger partial charge in [-0.05, 0) is 55.6 Å². The molecule has 1 aliphatic rings. The van der Waals surface area contributed by atoms with Crippen molar-refractivity contribution < 1.29 is 4.79 Å². The van der Waals surface area contributed by atoms with Crippen LogP contribution in [0.15, 0.2) is 48.7 Å². The summed E-state index contributed by atoms with van der Waals surface area (Å²) in [6, 6.07) is 13.5. The van der Waals surface area contributed by atoms with Gasteiger partial charge < -0.3 is 16.0 Å². The predicted molar refractivity (Wildman–Crippen MR) is 96.5 cm³/mol. The second-order valence-corrected chi connectivity index (χ2v) is 6.50. The van der Waals surface area contributed by atoms with E-state index in [4.69, 9.17) is 5.73 Å². The molecule has 6 heteroatoms. The van der Waals surface area contributed by atoms with Crippen molar-refractivity contribution in [3.8, 4) is 5.69 Å². The third-order valence-corrected chi connectivity index (χ3v) is 4.81. The number of piperidine rings is 1. The number of carbonyl (C=O) groups is 1. The first kappa shape index (κ1) is 15.8. The highest BCUT2D eigenvalue weighted by molar-refractivity contribution is 6.04. The molecule has 1 amide bonds. The molecule has 2 N–H and O–H groups in total. The molecule has 1 atom stereocenters. The maximum Gasteiger partial charge on any atom is 0.250 e. The van der Waals surface area contributed by atoms with E-state index in [-0.39, 0.29) is 0 Å². The van der Waals surface area contributed by atoms with E-state index in [2.05, 4.69) is 17.2 Å². The first-order valence-corrected chi connectivity index (χ1v) is 8.42. The lowest BCUT2D eigenvalue weighted by Gasteiger charge is -2.37. The molecule has 0 saturated carbocycles. The van der Waals surface area contributed by atoms with Gasteiger partial charge >= 0.3 is 0 Å². The average Bonchev–Trinajstić information content (AvgIpc) is 3.06. The monoisotopic (exact) mass is 335 g/mol. The van der Waals surface area contributed by atoms with E-state index in [0.29, 0.717) is 30.1 Å². The summed E-state index contributed by atoms with van der Waals surface area (Å²) >= 11 is 0. The summed E-state index contributed by atoms with van der Waals surface area (Å²) in [6.45, 7) is 1.20. The van der Waals surface area contributed by atoms with Gasteiger partial charge in [-0.3, -0.25) is 4.79 Å². The molecule has 1 aliphatic heterocycles. The minimum absolute atomic E-state index is 0.290. The molecule has 3 aromatic rings. The van der Waals surface area contributed by atoms with Gasteiger partial charge in [0.1, 0.15) is 5.52 Å². The van der Waals surface area contributed by atoms with E-state index < -0.39 is 5.91 Å². The van der Waals surface area contributed by atoms with Crippen LogP contribution >= 0.6 is 0 Å². The molecule has 2 heterocycles. The van der Waals surface area contributed by atoms with E-state index in [9.17, 15) is 10.0 Å². The summed E-state index contributed by atoms with van der Waals surface area (Å²) in [5, 5.41) is 18.1. The Morgan fingerprint density at radius 2 is 2.00 bits per heavy atom. The second-order valence-electron chi connectivity index (χ2n) is 6.50. The average molecular weight is 335 g/mol. The van der Waals surface area contributed by atoms with Gasteiger partial charge in [-0.25, -0.2) is 4.68 Å². The van der Waals surface area contributed by atoms with Crippen molar-refractivity contribution in [2.45, 2.75) is 18.8 Å². The van der Waals surface area contributed by atoms with Gasteiger partial charge in [-0.15, -0.1) is 0 Å². The van der Waals surface area contributed by atoms with E-state index in [1.807, 2.05) is 24.4 Å². The van der Waals surface area contributed by atoms with Crippen molar-refractivity contribution >= 4 is 16.8 Å². The number of hydroxylamine groups is 2. The minimum atomic E-state index is -0.481. The van der Waals surface area contributed by atoms with Crippen LogP contribution in [-0.4, -0.2) is 33.8 Å². The third kappa shape index (κ3) is 3.01. The fraction of sp³-hybridized carbons (Fsp3) is 0.263. The number of primary amides is 1. The summed E-state index contributed by atoms with van der Waals surface area (Å²) in [5.74, 6) is -0.191.